The van der Waals surface area contributed by atoms with Gasteiger partial charge in [-0.2, -0.15) is 0 Å². The smallest absolute Gasteiger partial charge is 0.265 e. The fourth-order valence-electron chi connectivity index (χ4n) is 1.32. The van der Waals surface area contributed by atoms with E-state index in [4.69, 9.17) is 4.74 Å². The average Bonchev–Trinajstić information content (AvgIpc) is 2.74. The molecule has 0 fully saturated rings. The Labute approximate surface area is 108 Å². The second-order valence-corrected chi connectivity index (χ2v) is 5.63. The lowest BCUT2D eigenvalue weighted by molar-refractivity contribution is 0.0955. The molecular formula is C11H16BrNO2S. The number of thiophene rings is 1. The summed E-state index contributed by atoms with van der Waals surface area (Å²) in [6.45, 7) is 2.77. The van der Waals surface area contributed by atoms with Gasteiger partial charge in [-0.15, -0.1) is 11.3 Å². The van der Waals surface area contributed by atoms with Gasteiger partial charge in [0.2, 0.25) is 0 Å². The zero-order valence-corrected chi connectivity index (χ0v) is 11.9. The number of nitrogens with one attached hydrogen (secondary N) is 1. The standard InChI is InChI=1S/C11H16BrNO2S/c1-3-4-8(12)7-13-11(14)10-9(15-2)5-6-16-10/h5-6,8H,3-4,7H2,1-2H3,(H,13,14). The first-order valence-electron chi connectivity index (χ1n) is 5.22. The number of rotatable bonds is 6. The van der Waals surface area contributed by atoms with Gasteiger partial charge in [0.05, 0.1) is 7.11 Å². The van der Waals surface area contributed by atoms with Gasteiger partial charge < -0.3 is 10.1 Å². The quantitative estimate of drug-likeness (QED) is 0.820. The molecule has 1 unspecified atom stereocenters. The molecular weight excluding hydrogens is 290 g/mol. The highest BCUT2D eigenvalue weighted by atomic mass is 79.9. The molecule has 0 aliphatic carbocycles. The van der Waals surface area contributed by atoms with Crippen LogP contribution >= 0.6 is 27.3 Å². The molecule has 0 bridgehead atoms. The minimum absolute atomic E-state index is 0.0626. The Bertz CT molecular complexity index is 340. The van der Waals surface area contributed by atoms with E-state index in [0.717, 1.165) is 12.8 Å². The van der Waals surface area contributed by atoms with Gasteiger partial charge in [0.15, 0.2) is 0 Å². The minimum Gasteiger partial charge on any atom is -0.495 e. The first kappa shape index (κ1) is 13.5. The van der Waals surface area contributed by atoms with Gasteiger partial charge in [0, 0.05) is 11.4 Å². The van der Waals surface area contributed by atoms with Crippen molar-refractivity contribution in [1.82, 2.24) is 5.32 Å². The molecule has 16 heavy (non-hydrogen) atoms. The van der Waals surface area contributed by atoms with Gasteiger partial charge >= 0.3 is 0 Å². The van der Waals surface area contributed by atoms with Crippen LogP contribution < -0.4 is 10.1 Å². The van der Waals surface area contributed by atoms with Crippen LogP contribution in [0, 0.1) is 0 Å². The number of methoxy groups -OCH3 is 1. The maximum Gasteiger partial charge on any atom is 0.265 e. The number of hydrogen-bond acceptors (Lipinski definition) is 3. The molecule has 0 saturated heterocycles. The minimum atomic E-state index is -0.0626. The summed E-state index contributed by atoms with van der Waals surface area (Å²) >= 11 is 4.92. The number of alkyl halides is 1. The molecule has 0 aliphatic rings. The van der Waals surface area contributed by atoms with E-state index in [1.165, 1.54) is 11.3 Å². The number of amides is 1. The third-order valence-corrected chi connectivity index (χ3v) is 3.82. The van der Waals surface area contributed by atoms with E-state index in [1.807, 2.05) is 5.38 Å². The van der Waals surface area contributed by atoms with Crippen molar-refractivity contribution in [3.63, 3.8) is 0 Å². The van der Waals surface area contributed by atoms with E-state index >= 15 is 0 Å². The lowest BCUT2D eigenvalue weighted by Crippen LogP contribution is -2.29. The molecule has 1 amide bonds. The Balaban J connectivity index is 2.46. The normalized spacial score (nSPS) is 12.2. The molecule has 1 aromatic heterocycles. The van der Waals surface area contributed by atoms with E-state index in [2.05, 4.69) is 28.2 Å². The Hall–Kier alpha value is -0.550. The molecule has 1 N–H and O–H groups in total. The fraction of sp³-hybridized carbons (Fsp3) is 0.545. The van der Waals surface area contributed by atoms with E-state index in [9.17, 15) is 4.79 Å². The Morgan fingerprint density at radius 2 is 2.44 bits per heavy atom. The van der Waals surface area contributed by atoms with Crippen molar-refractivity contribution in [1.29, 1.82) is 0 Å². The summed E-state index contributed by atoms with van der Waals surface area (Å²) in [7, 11) is 1.57. The van der Waals surface area contributed by atoms with Crippen molar-refractivity contribution < 1.29 is 9.53 Å². The van der Waals surface area contributed by atoms with Crippen LogP contribution in [-0.4, -0.2) is 24.4 Å². The molecule has 0 aromatic carbocycles. The van der Waals surface area contributed by atoms with Crippen LogP contribution in [0.4, 0.5) is 0 Å². The lowest BCUT2D eigenvalue weighted by Gasteiger charge is -2.09. The monoisotopic (exact) mass is 305 g/mol. The van der Waals surface area contributed by atoms with Gasteiger partial charge in [0.25, 0.3) is 5.91 Å². The molecule has 0 radical (unpaired) electrons. The summed E-state index contributed by atoms with van der Waals surface area (Å²) < 4.78 is 5.10. The zero-order valence-electron chi connectivity index (χ0n) is 9.46. The van der Waals surface area contributed by atoms with Crippen molar-refractivity contribution in [3.8, 4) is 5.75 Å². The highest BCUT2D eigenvalue weighted by molar-refractivity contribution is 9.09. The maximum atomic E-state index is 11.8. The summed E-state index contributed by atoms with van der Waals surface area (Å²) in [5.74, 6) is 0.580. The predicted molar refractivity (Wildman–Crippen MR) is 70.8 cm³/mol. The van der Waals surface area contributed by atoms with Crippen molar-refractivity contribution >= 4 is 33.2 Å². The molecule has 1 aromatic rings. The summed E-state index contributed by atoms with van der Waals surface area (Å²) in [5, 5.41) is 4.74. The largest absolute Gasteiger partial charge is 0.495 e. The molecule has 0 saturated carbocycles. The van der Waals surface area contributed by atoms with Gasteiger partial charge in [-0.1, -0.05) is 29.3 Å². The topological polar surface area (TPSA) is 38.3 Å². The van der Waals surface area contributed by atoms with E-state index in [0.29, 0.717) is 22.0 Å². The fourth-order valence-corrected chi connectivity index (χ4v) is 2.72. The molecule has 1 heterocycles. The van der Waals surface area contributed by atoms with E-state index in [1.54, 1.807) is 13.2 Å². The SMILES string of the molecule is CCCC(Br)CNC(=O)c1sccc1OC. The second-order valence-electron chi connectivity index (χ2n) is 3.41. The Kier molecular flexibility index (Phi) is 5.84. The van der Waals surface area contributed by atoms with Crippen LogP contribution in [0.2, 0.25) is 0 Å². The molecule has 1 rings (SSSR count). The lowest BCUT2D eigenvalue weighted by atomic mass is 10.2. The summed E-state index contributed by atoms with van der Waals surface area (Å²) in [6, 6.07) is 1.80. The number of carbonyl (C=O) groups excluding carboxylic acids is 1. The van der Waals surface area contributed by atoms with E-state index in [-0.39, 0.29) is 5.91 Å². The highest BCUT2D eigenvalue weighted by Gasteiger charge is 2.14. The first-order valence-corrected chi connectivity index (χ1v) is 7.02. The Morgan fingerprint density at radius 1 is 1.69 bits per heavy atom. The third kappa shape index (κ3) is 3.79. The van der Waals surface area contributed by atoms with Crippen LogP contribution in [0.5, 0.6) is 5.75 Å². The van der Waals surface area contributed by atoms with Crippen molar-refractivity contribution in [3.05, 3.63) is 16.3 Å². The maximum absolute atomic E-state index is 11.8. The van der Waals surface area contributed by atoms with Gasteiger partial charge in [0.1, 0.15) is 10.6 Å². The summed E-state index contributed by atoms with van der Waals surface area (Å²) in [4.78, 5) is 12.8. The van der Waals surface area contributed by atoms with Crippen LogP contribution in [0.3, 0.4) is 0 Å². The van der Waals surface area contributed by atoms with Crippen molar-refractivity contribution in [2.45, 2.75) is 24.6 Å². The number of carbonyl (C=O) groups is 1. The molecule has 5 heteroatoms. The van der Waals surface area contributed by atoms with Crippen LogP contribution in [-0.2, 0) is 0 Å². The third-order valence-electron chi connectivity index (χ3n) is 2.14. The van der Waals surface area contributed by atoms with Gasteiger partial charge in [-0.25, -0.2) is 0 Å². The van der Waals surface area contributed by atoms with Crippen molar-refractivity contribution in [2.75, 3.05) is 13.7 Å². The molecule has 0 aliphatic heterocycles. The number of halogens is 1. The predicted octanol–water partition coefficient (Wildman–Crippen LogP) is 3.05. The van der Waals surface area contributed by atoms with Crippen LogP contribution in [0.1, 0.15) is 29.4 Å². The average molecular weight is 306 g/mol. The van der Waals surface area contributed by atoms with Crippen molar-refractivity contribution in [2.24, 2.45) is 0 Å². The molecule has 3 nitrogen and oxygen atoms in total. The van der Waals surface area contributed by atoms with Crippen LogP contribution in [0.15, 0.2) is 11.4 Å². The second kappa shape index (κ2) is 6.91. The first-order chi connectivity index (χ1) is 7.69. The molecule has 0 spiro atoms. The number of ether oxygens (including phenoxy) is 1. The van der Waals surface area contributed by atoms with Crippen LogP contribution in [0.25, 0.3) is 0 Å². The van der Waals surface area contributed by atoms with Gasteiger partial charge in [-0.3, -0.25) is 4.79 Å². The Morgan fingerprint density at radius 3 is 3.06 bits per heavy atom. The van der Waals surface area contributed by atoms with Gasteiger partial charge in [-0.05, 0) is 17.9 Å². The summed E-state index contributed by atoms with van der Waals surface area (Å²) in [6.07, 6.45) is 2.16. The molecule has 1 atom stereocenters. The summed E-state index contributed by atoms with van der Waals surface area (Å²) in [5.41, 5.74) is 0. The number of hydrogen-bond donors (Lipinski definition) is 1. The highest BCUT2D eigenvalue weighted by Crippen LogP contribution is 2.24. The van der Waals surface area contributed by atoms with E-state index < -0.39 is 0 Å². The molecule has 90 valence electrons. The zero-order chi connectivity index (χ0) is 12.0.